The molecule has 0 bridgehead atoms. The molecule has 3 unspecified atom stereocenters. The topological polar surface area (TPSA) is 151 Å². The number of carbonyl (C=O) groups excluding carboxylic acids is 3. The number of nitrogens with one attached hydrogen (secondary N) is 3. The minimum Gasteiger partial charge on any atom is -0.480 e. The van der Waals surface area contributed by atoms with Crippen molar-refractivity contribution < 1.29 is 24.3 Å². The molecule has 1 aromatic carbocycles. The zero-order valence-corrected chi connectivity index (χ0v) is 17.3. The number of hydrogen-bond acceptors (Lipinski definition) is 6. The van der Waals surface area contributed by atoms with Gasteiger partial charge in [0.2, 0.25) is 17.7 Å². The molecule has 29 heavy (non-hydrogen) atoms. The molecular formula is C19H28N4O5S. The molecule has 3 amide bonds. The van der Waals surface area contributed by atoms with E-state index in [1.807, 2.05) is 6.07 Å². The van der Waals surface area contributed by atoms with Gasteiger partial charge in [0.1, 0.15) is 12.1 Å². The zero-order valence-electron chi connectivity index (χ0n) is 16.4. The molecule has 0 saturated carbocycles. The fourth-order valence-electron chi connectivity index (χ4n) is 2.45. The summed E-state index contributed by atoms with van der Waals surface area (Å²) in [6, 6.07) is 6.14. The quantitative estimate of drug-likeness (QED) is 0.259. The van der Waals surface area contributed by atoms with E-state index in [9.17, 15) is 19.2 Å². The van der Waals surface area contributed by atoms with E-state index in [-0.39, 0.29) is 18.1 Å². The van der Waals surface area contributed by atoms with Gasteiger partial charge in [-0.15, -0.1) is 0 Å². The third-order valence-electron chi connectivity index (χ3n) is 4.12. The summed E-state index contributed by atoms with van der Waals surface area (Å²) in [5, 5.41) is 16.5. The van der Waals surface area contributed by atoms with Crippen LogP contribution in [-0.2, 0) is 25.6 Å². The predicted molar refractivity (Wildman–Crippen MR) is 111 cm³/mol. The second-order valence-corrected chi connectivity index (χ2v) is 7.25. The summed E-state index contributed by atoms with van der Waals surface area (Å²) in [6.45, 7) is 2.90. The standard InChI is InChI=1S/C19H28N4O5S/c1-11(2)16(19(27)28)23-15(24)9-21-18(26)14(22-17(25)13(20)10-29)8-12-6-4-3-5-7-12/h3-7,11,13-14,16,29H,8-10,20H2,1-2H3,(H,21,26)(H,22,25)(H,23,24)(H,27,28). The molecule has 6 N–H and O–H groups in total. The van der Waals surface area contributed by atoms with Crippen LogP contribution in [0.1, 0.15) is 19.4 Å². The van der Waals surface area contributed by atoms with Gasteiger partial charge in [-0.2, -0.15) is 12.6 Å². The van der Waals surface area contributed by atoms with Gasteiger partial charge in [0.05, 0.1) is 12.6 Å². The third kappa shape index (κ3) is 8.53. The number of hydrogen-bond donors (Lipinski definition) is 6. The highest BCUT2D eigenvalue weighted by molar-refractivity contribution is 7.80. The van der Waals surface area contributed by atoms with E-state index in [0.717, 1.165) is 5.56 Å². The Morgan fingerprint density at radius 1 is 1.07 bits per heavy atom. The summed E-state index contributed by atoms with van der Waals surface area (Å²) in [7, 11) is 0. The van der Waals surface area contributed by atoms with Crippen LogP contribution in [0.15, 0.2) is 30.3 Å². The second-order valence-electron chi connectivity index (χ2n) is 6.89. The average molecular weight is 425 g/mol. The van der Waals surface area contributed by atoms with Crippen molar-refractivity contribution in [3.05, 3.63) is 35.9 Å². The number of amides is 3. The van der Waals surface area contributed by atoms with E-state index in [1.165, 1.54) is 0 Å². The van der Waals surface area contributed by atoms with Crippen LogP contribution in [0.5, 0.6) is 0 Å². The van der Waals surface area contributed by atoms with Crippen LogP contribution >= 0.6 is 12.6 Å². The first kappa shape index (κ1) is 24.4. The number of benzene rings is 1. The smallest absolute Gasteiger partial charge is 0.326 e. The minimum atomic E-state index is -1.16. The van der Waals surface area contributed by atoms with Crippen molar-refractivity contribution in [2.75, 3.05) is 12.3 Å². The lowest BCUT2D eigenvalue weighted by Gasteiger charge is -2.21. The molecule has 160 valence electrons. The molecule has 1 aromatic rings. The highest BCUT2D eigenvalue weighted by Gasteiger charge is 2.26. The number of carbonyl (C=O) groups is 4. The molecule has 0 radical (unpaired) electrons. The summed E-state index contributed by atoms with van der Waals surface area (Å²) in [5.41, 5.74) is 6.46. The number of nitrogens with two attached hydrogens (primary N) is 1. The maximum Gasteiger partial charge on any atom is 0.326 e. The molecular weight excluding hydrogens is 396 g/mol. The first-order valence-corrected chi connectivity index (χ1v) is 9.79. The summed E-state index contributed by atoms with van der Waals surface area (Å²) >= 11 is 3.97. The average Bonchev–Trinajstić information content (AvgIpc) is 2.69. The molecule has 0 aromatic heterocycles. The summed E-state index contributed by atoms with van der Waals surface area (Å²) in [6.07, 6.45) is 0.197. The number of aliphatic carboxylic acids is 1. The Labute approximate surface area is 175 Å². The fourth-order valence-corrected chi connectivity index (χ4v) is 2.62. The highest BCUT2D eigenvalue weighted by Crippen LogP contribution is 2.04. The first-order valence-electron chi connectivity index (χ1n) is 9.16. The number of thiol groups is 1. The van der Waals surface area contributed by atoms with Crippen LogP contribution in [-0.4, -0.2) is 59.2 Å². The van der Waals surface area contributed by atoms with Gasteiger partial charge in [-0.25, -0.2) is 4.79 Å². The molecule has 0 aliphatic heterocycles. The molecule has 9 nitrogen and oxygen atoms in total. The molecule has 0 saturated heterocycles. The van der Waals surface area contributed by atoms with Crippen molar-refractivity contribution in [1.29, 1.82) is 0 Å². The fraction of sp³-hybridized carbons (Fsp3) is 0.474. The molecule has 0 spiro atoms. The van der Waals surface area contributed by atoms with Crippen molar-refractivity contribution in [3.8, 4) is 0 Å². The van der Waals surface area contributed by atoms with E-state index in [1.54, 1.807) is 38.1 Å². The van der Waals surface area contributed by atoms with Crippen molar-refractivity contribution in [1.82, 2.24) is 16.0 Å². The number of rotatable bonds is 11. The monoisotopic (exact) mass is 424 g/mol. The number of carboxylic acid groups (broad SMARTS) is 1. The van der Waals surface area contributed by atoms with Crippen LogP contribution in [0.3, 0.4) is 0 Å². The lowest BCUT2D eigenvalue weighted by Crippen LogP contribution is -2.54. The second kappa shape index (κ2) is 12.1. The Morgan fingerprint density at radius 3 is 2.21 bits per heavy atom. The van der Waals surface area contributed by atoms with Crippen LogP contribution in [0.4, 0.5) is 0 Å². The Hall–Kier alpha value is -2.59. The molecule has 0 aliphatic rings. The van der Waals surface area contributed by atoms with Crippen molar-refractivity contribution >= 4 is 36.3 Å². The Bertz CT molecular complexity index is 714. The summed E-state index contributed by atoms with van der Waals surface area (Å²) < 4.78 is 0. The van der Waals surface area contributed by atoms with E-state index in [0.29, 0.717) is 0 Å². The third-order valence-corrected chi connectivity index (χ3v) is 4.51. The van der Waals surface area contributed by atoms with Gasteiger partial charge >= 0.3 is 5.97 Å². The minimum absolute atomic E-state index is 0.111. The van der Waals surface area contributed by atoms with Crippen LogP contribution in [0.25, 0.3) is 0 Å². The van der Waals surface area contributed by atoms with Gasteiger partial charge < -0.3 is 26.8 Å². The lowest BCUT2D eigenvalue weighted by atomic mass is 10.0. The molecule has 1 rings (SSSR count). The normalized spacial score (nSPS) is 13.8. The highest BCUT2D eigenvalue weighted by atomic mass is 32.1. The maximum absolute atomic E-state index is 12.6. The van der Waals surface area contributed by atoms with Crippen molar-refractivity contribution in [2.24, 2.45) is 11.7 Å². The van der Waals surface area contributed by atoms with E-state index in [4.69, 9.17) is 10.8 Å². The first-order chi connectivity index (χ1) is 13.6. The molecule has 3 atom stereocenters. The molecule has 10 heteroatoms. The van der Waals surface area contributed by atoms with E-state index < -0.39 is 48.4 Å². The van der Waals surface area contributed by atoms with Gasteiger partial charge in [0.25, 0.3) is 0 Å². The van der Waals surface area contributed by atoms with Gasteiger partial charge in [-0.3, -0.25) is 14.4 Å². The summed E-state index contributed by atoms with van der Waals surface area (Å²) in [4.78, 5) is 47.9. The van der Waals surface area contributed by atoms with E-state index >= 15 is 0 Å². The Morgan fingerprint density at radius 2 is 1.69 bits per heavy atom. The summed E-state index contributed by atoms with van der Waals surface area (Å²) in [5.74, 6) is -3.13. The largest absolute Gasteiger partial charge is 0.480 e. The molecule has 0 aliphatic carbocycles. The van der Waals surface area contributed by atoms with Crippen LogP contribution < -0.4 is 21.7 Å². The SMILES string of the molecule is CC(C)C(NC(=O)CNC(=O)C(Cc1ccccc1)NC(=O)C(N)CS)C(=O)O. The van der Waals surface area contributed by atoms with Crippen molar-refractivity contribution in [2.45, 2.75) is 38.4 Å². The van der Waals surface area contributed by atoms with Gasteiger partial charge in [-0.05, 0) is 11.5 Å². The van der Waals surface area contributed by atoms with E-state index in [2.05, 4.69) is 28.6 Å². The van der Waals surface area contributed by atoms with Gasteiger partial charge in [0.15, 0.2) is 0 Å². The molecule has 0 heterocycles. The number of carboxylic acids is 1. The van der Waals surface area contributed by atoms with Gasteiger partial charge in [0, 0.05) is 12.2 Å². The predicted octanol–water partition coefficient (Wildman–Crippen LogP) is -0.687. The maximum atomic E-state index is 12.6. The Kier molecular flexibility index (Phi) is 10.2. The zero-order chi connectivity index (χ0) is 22.0. The van der Waals surface area contributed by atoms with Crippen LogP contribution in [0, 0.1) is 5.92 Å². The van der Waals surface area contributed by atoms with Crippen LogP contribution in [0.2, 0.25) is 0 Å². The molecule has 0 fully saturated rings. The Balaban J connectivity index is 2.76. The van der Waals surface area contributed by atoms with Crippen molar-refractivity contribution in [3.63, 3.8) is 0 Å². The van der Waals surface area contributed by atoms with Gasteiger partial charge in [-0.1, -0.05) is 44.2 Å². The lowest BCUT2D eigenvalue weighted by molar-refractivity contribution is -0.143.